The summed E-state index contributed by atoms with van der Waals surface area (Å²) >= 11 is 0. The summed E-state index contributed by atoms with van der Waals surface area (Å²) in [6.07, 6.45) is 0. The van der Waals surface area contributed by atoms with Crippen LogP contribution in [0.4, 0.5) is 5.69 Å². The van der Waals surface area contributed by atoms with Crippen molar-refractivity contribution in [1.82, 2.24) is 13.7 Å². The topological polar surface area (TPSA) is 18.0 Å². The van der Waals surface area contributed by atoms with E-state index in [-0.39, 0.29) is 0 Å². The molecule has 0 fully saturated rings. The van der Waals surface area contributed by atoms with Gasteiger partial charge in [-0.05, 0) is 127 Å². The lowest BCUT2D eigenvalue weighted by molar-refractivity contribution is 0.741. The zero-order valence-electron chi connectivity index (χ0n) is 39.7. The molecule has 0 aliphatic rings. The van der Waals surface area contributed by atoms with Crippen LogP contribution in [0.25, 0.3) is 82.5 Å². The van der Waals surface area contributed by atoms with Crippen LogP contribution in [0, 0.1) is 6.92 Å². The predicted molar refractivity (Wildman–Crippen MR) is 296 cm³/mol. The first-order valence-electron chi connectivity index (χ1n) is 24.7. The van der Waals surface area contributed by atoms with Gasteiger partial charge in [-0.25, -0.2) is 0 Å². The lowest BCUT2D eigenvalue weighted by Crippen LogP contribution is -2.32. The summed E-state index contributed by atoms with van der Waals surface area (Å²) in [5.41, 5.74) is 17.2. The Labute approximate surface area is 408 Å². The Morgan fingerprint density at radius 2 is 0.571 bits per heavy atom. The second kappa shape index (κ2) is 16.6. The molecule has 0 N–H and O–H groups in total. The molecule has 3 aromatic heterocycles. The molecule has 336 valence electrons. The van der Waals surface area contributed by atoms with E-state index >= 15 is 0 Å². The quantitative estimate of drug-likeness (QED) is 0.125. The predicted octanol–water partition coefficient (Wildman–Crippen LogP) is 16.5. The van der Waals surface area contributed by atoms with Gasteiger partial charge in [-0.1, -0.05) is 158 Å². The number of aryl methyl sites for hydroxylation is 1. The summed E-state index contributed by atoms with van der Waals surface area (Å²) in [6.45, 7) is 8.61. The van der Waals surface area contributed by atoms with Crippen LogP contribution in [0.15, 0.2) is 237 Å². The van der Waals surface area contributed by atoms with Gasteiger partial charge in [0.1, 0.15) is 0 Å². The fourth-order valence-electron chi connectivity index (χ4n) is 11.9. The van der Waals surface area contributed by atoms with E-state index in [1.807, 2.05) is 0 Å². The van der Waals surface area contributed by atoms with Gasteiger partial charge in [-0.15, -0.1) is 0 Å². The van der Waals surface area contributed by atoms with Crippen LogP contribution in [-0.4, -0.2) is 26.8 Å². The third kappa shape index (κ3) is 6.22. The summed E-state index contributed by atoms with van der Waals surface area (Å²) in [5, 5.41) is 7.54. The minimum atomic E-state index is -0.729. The number of rotatable bonds is 10. The first-order valence-corrected chi connectivity index (χ1v) is 24.7. The molecule has 0 bridgehead atoms. The molecule has 10 aromatic carbocycles. The molecule has 0 saturated heterocycles. The van der Waals surface area contributed by atoms with E-state index in [0.29, 0.717) is 0 Å². The number of aromatic nitrogens is 3. The second-order valence-electron chi connectivity index (χ2n) is 18.7. The highest BCUT2D eigenvalue weighted by Crippen LogP contribution is 2.48. The van der Waals surface area contributed by atoms with E-state index < -0.39 is 5.41 Å². The summed E-state index contributed by atoms with van der Waals surface area (Å²) in [4.78, 5) is 2.49. The first kappa shape index (κ1) is 41.6. The van der Waals surface area contributed by atoms with E-state index in [0.717, 1.165) is 30.2 Å². The summed E-state index contributed by atoms with van der Waals surface area (Å²) < 4.78 is 7.25. The van der Waals surface area contributed by atoms with Crippen LogP contribution in [0.2, 0.25) is 0 Å². The Balaban J connectivity index is 1.07. The van der Waals surface area contributed by atoms with Crippen molar-refractivity contribution in [2.45, 2.75) is 26.2 Å². The third-order valence-electron chi connectivity index (χ3n) is 15.2. The first-order chi connectivity index (χ1) is 34.6. The van der Waals surface area contributed by atoms with Crippen LogP contribution < -0.4 is 4.90 Å². The van der Waals surface area contributed by atoms with E-state index in [2.05, 4.69) is 276 Å². The molecule has 0 spiro atoms. The molecule has 0 aliphatic heterocycles. The molecule has 4 heteroatoms. The molecule has 0 atom stereocenters. The Kier molecular flexibility index (Phi) is 9.84. The molecular weight excluding hydrogens is 849 g/mol. The van der Waals surface area contributed by atoms with Crippen molar-refractivity contribution in [3.8, 4) is 17.1 Å². The minimum Gasteiger partial charge on any atom is -0.372 e. The fraction of sp³-hybridized carbons (Fsp3) is 0.0909. The zero-order chi connectivity index (χ0) is 46.9. The van der Waals surface area contributed by atoms with Crippen molar-refractivity contribution >= 4 is 71.1 Å². The maximum atomic E-state index is 2.49. The summed E-state index contributed by atoms with van der Waals surface area (Å²) in [5.74, 6) is 0. The average Bonchev–Trinajstić information content (AvgIpc) is 4.07. The van der Waals surface area contributed by atoms with Gasteiger partial charge in [0.2, 0.25) is 0 Å². The maximum Gasteiger partial charge on any atom is 0.0702 e. The molecule has 13 aromatic rings. The van der Waals surface area contributed by atoms with E-state index in [9.17, 15) is 0 Å². The highest BCUT2D eigenvalue weighted by atomic mass is 15.1. The van der Waals surface area contributed by atoms with Crippen LogP contribution in [0.3, 0.4) is 0 Å². The number of hydrogen-bond donors (Lipinski definition) is 0. The summed E-state index contributed by atoms with van der Waals surface area (Å²) in [7, 11) is 0. The lowest BCUT2D eigenvalue weighted by Gasteiger charge is -2.38. The summed E-state index contributed by atoms with van der Waals surface area (Å²) in [6, 6.07) is 88.2. The largest absolute Gasteiger partial charge is 0.372 e. The van der Waals surface area contributed by atoms with Gasteiger partial charge < -0.3 is 18.6 Å². The van der Waals surface area contributed by atoms with Crippen molar-refractivity contribution in [2.24, 2.45) is 0 Å². The standard InChI is InChI=1S/C66H52N4/c1-4-67(5-2)65-44-49(31-30-45(65)3)66(46-32-38-50(39-33-46)68-59-24-12-6-18-53(59)54-19-7-13-25-60(54)68,47-34-40-51(41-35-47)69-61-26-14-8-20-55(61)56-21-9-15-27-62(56)69)48-36-42-52(43-37-48)70-63-28-16-10-22-57(63)58-23-11-17-29-64(58)70/h6-44H,4-5H2,1-3H3. The van der Waals surface area contributed by atoms with E-state index in [4.69, 9.17) is 0 Å². The van der Waals surface area contributed by atoms with Gasteiger partial charge in [0.25, 0.3) is 0 Å². The van der Waals surface area contributed by atoms with Gasteiger partial charge in [0, 0.05) is 68.2 Å². The van der Waals surface area contributed by atoms with Crippen molar-refractivity contribution < 1.29 is 0 Å². The number of fused-ring (bicyclic) bond motifs is 9. The molecule has 13 rings (SSSR count). The normalized spacial score (nSPS) is 12.0. The number of nitrogens with zero attached hydrogens (tertiary/aromatic N) is 4. The van der Waals surface area contributed by atoms with E-state index in [1.54, 1.807) is 0 Å². The van der Waals surface area contributed by atoms with E-state index in [1.165, 1.54) is 98.9 Å². The van der Waals surface area contributed by atoms with Crippen molar-refractivity contribution in [2.75, 3.05) is 18.0 Å². The maximum absolute atomic E-state index is 2.49. The van der Waals surface area contributed by atoms with Crippen molar-refractivity contribution in [3.05, 3.63) is 264 Å². The van der Waals surface area contributed by atoms with Crippen LogP contribution in [0.1, 0.15) is 41.7 Å². The SMILES string of the molecule is CCN(CC)c1cc(C(c2ccc(-n3c4ccccc4c4ccccc43)cc2)(c2ccc(-n3c4ccccc4c4ccccc43)cc2)c2ccc(-n3c4ccccc4c4ccccc43)cc2)ccc1C. The molecular formula is C66H52N4. The Bertz CT molecular complexity index is 3550. The molecule has 70 heavy (non-hydrogen) atoms. The molecule has 0 radical (unpaired) electrons. The van der Waals surface area contributed by atoms with Gasteiger partial charge in [-0.3, -0.25) is 0 Å². The van der Waals surface area contributed by atoms with Crippen LogP contribution in [-0.2, 0) is 5.41 Å². The molecule has 0 amide bonds. The number of para-hydroxylation sites is 6. The second-order valence-corrected chi connectivity index (χ2v) is 18.7. The highest BCUT2D eigenvalue weighted by Gasteiger charge is 2.39. The van der Waals surface area contributed by atoms with Gasteiger partial charge in [0.05, 0.1) is 38.5 Å². The molecule has 0 unspecified atom stereocenters. The number of anilines is 1. The smallest absolute Gasteiger partial charge is 0.0702 e. The number of hydrogen-bond acceptors (Lipinski definition) is 1. The molecule has 4 nitrogen and oxygen atoms in total. The molecule has 0 saturated carbocycles. The Morgan fingerprint density at radius 3 is 0.843 bits per heavy atom. The van der Waals surface area contributed by atoms with Crippen LogP contribution >= 0.6 is 0 Å². The fourth-order valence-corrected chi connectivity index (χ4v) is 11.9. The van der Waals surface area contributed by atoms with Gasteiger partial charge >= 0.3 is 0 Å². The lowest BCUT2D eigenvalue weighted by atomic mass is 9.65. The van der Waals surface area contributed by atoms with Gasteiger partial charge in [-0.2, -0.15) is 0 Å². The monoisotopic (exact) mass is 900 g/mol. The number of benzene rings is 10. The van der Waals surface area contributed by atoms with Gasteiger partial charge in [0.15, 0.2) is 0 Å². The Morgan fingerprint density at radius 1 is 0.314 bits per heavy atom. The molecule has 0 aliphatic carbocycles. The van der Waals surface area contributed by atoms with Crippen molar-refractivity contribution in [1.29, 1.82) is 0 Å². The highest BCUT2D eigenvalue weighted by molar-refractivity contribution is 6.11. The van der Waals surface area contributed by atoms with Crippen molar-refractivity contribution in [3.63, 3.8) is 0 Å². The molecule has 3 heterocycles. The zero-order valence-corrected chi connectivity index (χ0v) is 39.7. The Hall–Kier alpha value is -8.60. The van der Waals surface area contributed by atoms with Crippen LogP contribution in [0.5, 0.6) is 0 Å². The third-order valence-corrected chi connectivity index (χ3v) is 15.2. The average molecular weight is 901 g/mol. The minimum absolute atomic E-state index is 0.729.